The molecule has 2 heterocycles. The van der Waals surface area contributed by atoms with Crippen LogP contribution in [0.5, 0.6) is 0 Å². The first-order valence-electron chi connectivity index (χ1n) is 7.73. The molecule has 3 rings (SSSR count). The quantitative estimate of drug-likeness (QED) is 0.746. The van der Waals surface area contributed by atoms with E-state index >= 15 is 0 Å². The topological polar surface area (TPSA) is 88.9 Å². The van der Waals surface area contributed by atoms with E-state index in [1.165, 1.54) is 0 Å². The van der Waals surface area contributed by atoms with Crippen LogP contribution in [0.2, 0.25) is 0 Å². The minimum absolute atomic E-state index is 0.130. The van der Waals surface area contributed by atoms with Crippen molar-refractivity contribution >= 4 is 17.5 Å². The third kappa shape index (κ3) is 4.29. The molecule has 0 fully saturated rings. The van der Waals surface area contributed by atoms with Crippen molar-refractivity contribution in [1.82, 2.24) is 20.1 Å². The number of hydrogen-bond donors (Lipinski definition) is 2. The fraction of sp³-hybridized carbons (Fsp3) is 0.111. The van der Waals surface area contributed by atoms with Gasteiger partial charge in [0.05, 0.1) is 12.2 Å². The molecule has 25 heavy (non-hydrogen) atoms. The van der Waals surface area contributed by atoms with E-state index in [0.29, 0.717) is 5.69 Å². The molecule has 7 heteroatoms. The average Bonchev–Trinajstić information content (AvgIpc) is 3.15. The van der Waals surface area contributed by atoms with E-state index in [1.54, 1.807) is 48.1 Å². The zero-order valence-corrected chi connectivity index (χ0v) is 13.6. The second-order valence-electron chi connectivity index (χ2n) is 5.39. The van der Waals surface area contributed by atoms with Crippen molar-refractivity contribution in [3.05, 3.63) is 72.3 Å². The summed E-state index contributed by atoms with van der Waals surface area (Å²) in [7, 11) is 0. The van der Waals surface area contributed by atoms with Gasteiger partial charge in [-0.3, -0.25) is 9.59 Å². The molecule has 0 saturated carbocycles. The molecular weight excluding hydrogens is 318 g/mol. The lowest BCUT2D eigenvalue weighted by atomic mass is 10.2. The number of benzene rings is 1. The summed E-state index contributed by atoms with van der Waals surface area (Å²) in [6.45, 7) is 1.67. The largest absolute Gasteiger partial charge is 0.342 e. The van der Waals surface area contributed by atoms with Crippen LogP contribution in [0, 0.1) is 6.92 Å². The van der Waals surface area contributed by atoms with Crippen molar-refractivity contribution in [2.24, 2.45) is 0 Å². The number of carbonyl (C=O) groups excluding carboxylic acids is 2. The highest BCUT2D eigenvalue weighted by atomic mass is 16.2. The van der Waals surface area contributed by atoms with Gasteiger partial charge in [0.25, 0.3) is 5.91 Å². The molecule has 0 aliphatic rings. The fourth-order valence-corrected chi connectivity index (χ4v) is 2.24. The van der Waals surface area contributed by atoms with Gasteiger partial charge in [0.15, 0.2) is 0 Å². The normalized spacial score (nSPS) is 10.3. The van der Waals surface area contributed by atoms with Crippen LogP contribution in [0.4, 0.5) is 5.69 Å². The van der Waals surface area contributed by atoms with Gasteiger partial charge in [0.2, 0.25) is 5.91 Å². The highest BCUT2D eigenvalue weighted by Crippen LogP contribution is 2.12. The van der Waals surface area contributed by atoms with Crippen LogP contribution in [0.1, 0.15) is 16.2 Å². The summed E-state index contributed by atoms with van der Waals surface area (Å²) < 4.78 is 1.72. The molecule has 2 N–H and O–H groups in total. The van der Waals surface area contributed by atoms with Crippen LogP contribution in [0.25, 0.3) is 5.69 Å². The Hall–Kier alpha value is -3.48. The number of amides is 2. The third-order valence-electron chi connectivity index (χ3n) is 3.45. The minimum Gasteiger partial charge on any atom is -0.342 e. The summed E-state index contributed by atoms with van der Waals surface area (Å²) in [6.07, 6.45) is 3.53. The molecule has 0 unspecified atom stereocenters. The zero-order chi connectivity index (χ0) is 17.6. The van der Waals surface area contributed by atoms with Crippen molar-refractivity contribution in [3.63, 3.8) is 0 Å². The van der Waals surface area contributed by atoms with Gasteiger partial charge in [-0.25, -0.2) is 9.67 Å². The number of anilines is 1. The van der Waals surface area contributed by atoms with Crippen molar-refractivity contribution in [1.29, 1.82) is 0 Å². The van der Waals surface area contributed by atoms with Crippen LogP contribution in [0.3, 0.4) is 0 Å². The van der Waals surface area contributed by atoms with Crippen LogP contribution >= 0.6 is 0 Å². The smallest absolute Gasteiger partial charge is 0.270 e. The Morgan fingerprint density at radius 2 is 1.88 bits per heavy atom. The van der Waals surface area contributed by atoms with E-state index in [2.05, 4.69) is 20.7 Å². The molecule has 2 aromatic heterocycles. The maximum atomic E-state index is 12.0. The lowest BCUT2D eigenvalue weighted by Gasteiger charge is -2.08. The second kappa shape index (κ2) is 7.39. The van der Waals surface area contributed by atoms with Gasteiger partial charge in [0.1, 0.15) is 5.69 Å². The monoisotopic (exact) mass is 335 g/mol. The summed E-state index contributed by atoms with van der Waals surface area (Å²) in [5, 5.41) is 9.42. The molecule has 0 saturated heterocycles. The fourth-order valence-electron chi connectivity index (χ4n) is 2.24. The number of nitrogens with zero attached hydrogens (tertiary/aromatic N) is 3. The molecule has 0 atom stereocenters. The van der Waals surface area contributed by atoms with Gasteiger partial charge in [-0.1, -0.05) is 6.07 Å². The zero-order valence-electron chi connectivity index (χ0n) is 13.6. The molecule has 3 aromatic rings. The van der Waals surface area contributed by atoms with Crippen LogP contribution in [-0.4, -0.2) is 33.1 Å². The van der Waals surface area contributed by atoms with E-state index in [1.807, 2.05) is 24.4 Å². The number of carbonyl (C=O) groups is 2. The lowest BCUT2D eigenvalue weighted by Crippen LogP contribution is -2.33. The van der Waals surface area contributed by atoms with Gasteiger partial charge < -0.3 is 10.6 Å². The molecule has 2 amide bonds. The Kier molecular flexibility index (Phi) is 4.84. The SMILES string of the molecule is Cc1cccc(C(=O)NCC(=O)Nc2ccc(-n3cccn3)cc2)n1. The summed E-state index contributed by atoms with van der Waals surface area (Å²) >= 11 is 0. The first kappa shape index (κ1) is 16.4. The van der Waals surface area contributed by atoms with Crippen molar-refractivity contribution in [2.45, 2.75) is 6.92 Å². The van der Waals surface area contributed by atoms with E-state index in [4.69, 9.17) is 0 Å². The Balaban J connectivity index is 1.53. The van der Waals surface area contributed by atoms with Crippen LogP contribution < -0.4 is 10.6 Å². The Morgan fingerprint density at radius 1 is 1.08 bits per heavy atom. The Morgan fingerprint density at radius 3 is 2.56 bits per heavy atom. The summed E-state index contributed by atoms with van der Waals surface area (Å²) in [6, 6.07) is 14.2. The van der Waals surface area contributed by atoms with Gasteiger partial charge in [-0.15, -0.1) is 0 Å². The molecule has 0 radical (unpaired) electrons. The van der Waals surface area contributed by atoms with Crippen molar-refractivity contribution < 1.29 is 9.59 Å². The number of aryl methyl sites for hydroxylation is 1. The van der Waals surface area contributed by atoms with E-state index in [9.17, 15) is 9.59 Å². The predicted molar refractivity (Wildman–Crippen MR) is 93.5 cm³/mol. The second-order valence-corrected chi connectivity index (χ2v) is 5.39. The van der Waals surface area contributed by atoms with Crippen LogP contribution in [0.15, 0.2) is 60.9 Å². The first-order chi connectivity index (χ1) is 12.1. The molecule has 126 valence electrons. The van der Waals surface area contributed by atoms with Crippen LogP contribution in [-0.2, 0) is 4.79 Å². The molecule has 1 aromatic carbocycles. The third-order valence-corrected chi connectivity index (χ3v) is 3.45. The highest BCUT2D eigenvalue weighted by molar-refractivity contribution is 5.98. The van der Waals surface area contributed by atoms with Crippen molar-refractivity contribution in [3.8, 4) is 5.69 Å². The van der Waals surface area contributed by atoms with Gasteiger partial charge >= 0.3 is 0 Å². The maximum Gasteiger partial charge on any atom is 0.270 e. The van der Waals surface area contributed by atoms with E-state index in [0.717, 1.165) is 11.4 Å². The molecule has 7 nitrogen and oxygen atoms in total. The predicted octanol–water partition coefficient (Wildman–Crippen LogP) is 1.94. The molecule has 0 aliphatic carbocycles. The highest BCUT2D eigenvalue weighted by Gasteiger charge is 2.09. The standard InChI is InChI=1S/C18H17N5O2/c1-13-4-2-5-16(21-13)18(25)19-12-17(24)22-14-6-8-15(9-7-14)23-11-3-10-20-23/h2-11H,12H2,1H3,(H,19,25)(H,22,24). The van der Waals surface area contributed by atoms with Gasteiger partial charge in [-0.2, -0.15) is 5.10 Å². The summed E-state index contributed by atoms with van der Waals surface area (Å²) in [4.78, 5) is 28.0. The Labute approximate surface area is 144 Å². The minimum atomic E-state index is -0.382. The maximum absolute atomic E-state index is 12.0. The summed E-state index contributed by atoms with van der Waals surface area (Å²) in [5.74, 6) is -0.694. The summed E-state index contributed by atoms with van der Waals surface area (Å²) in [5.41, 5.74) is 2.57. The number of hydrogen-bond acceptors (Lipinski definition) is 4. The molecule has 0 bridgehead atoms. The first-order valence-corrected chi connectivity index (χ1v) is 7.73. The average molecular weight is 335 g/mol. The number of aromatic nitrogens is 3. The number of nitrogens with one attached hydrogen (secondary N) is 2. The lowest BCUT2D eigenvalue weighted by molar-refractivity contribution is -0.115. The molecule has 0 aliphatic heterocycles. The van der Waals surface area contributed by atoms with Crippen molar-refractivity contribution in [2.75, 3.05) is 11.9 Å². The number of pyridine rings is 1. The van der Waals surface area contributed by atoms with E-state index in [-0.39, 0.29) is 24.1 Å². The molecule has 0 spiro atoms. The number of rotatable bonds is 5. The van der Waals surface area contributed by atoms with Gasteiger partial charge in [-0.05, 0) is 49.4 Å². The Bertz CT molecular complexity index is 873. The van der Waals surface area contributed by atoms with Gasteiger partial charge in [0, 0.05) is 23.8 Å². The molecular formula is C18H17N5O2. The van der Waals surface area contributed by atoms with E-state index < -0.39 is 0 Å².